The first-order valence-electron chi connectivity index (χ1n) is 5.51. The number of aliphatic hydroxyl groups excluding tert-OH is 1. The number of aryl methyl sites for hydroxylation is 2. The highest BCUT2D eigenvalue weighted by Gasteiger charge is 2.22. The zero-order valence-electron chi connectivity index (χ0n) is 10.5. The monoisotopic (exact) mass is 223 g/mol. The molecule has 0 bridgehead atoms. The van der Waals surface area contributed by atoms with Crippen molar-refractivity contribution in [2.24, 2.45) is 0 Å². The molecule has 0 fully saturated rings. The molecule has 1 atom stereocenters. The van der Waals surface area contributed by atoms with Crippen molar-refractivity contribution in [2.75, 3.05) is 20.3 Å². The maximum Gasteiger partial charge on any atom is 0.125 e. The fourth-order valence-corrected chi connectivity index (χ4v) is 1.46. The SMILES string of the molecule is CNC(C)(CO)COc1c(C)cccc1C. The number of para-hydroxylation sites is 1. The van der Waals surface area contributed by atoms with E-state index < -0.39 is 5.54 Å². The van der Waals surface area contributed by atoms with E-state index in [1.807, 2.05) is 46.0 Å². The Hall–Kier alpha value is -1.06. The number of hydrogen-bond acceptors (Lipinski definition) is 3. The van der Waals surface area contributed by atoms with Gasteiger partial charge in [0.25, 0.3) is 0 Å². The van der Waals surface area contributed by atoms with Gasteiger partial charge < -0.3 is 15.2 Å². The topological polar surface area (TPSA) is 41.5 Å². The fourth-order valence-electron chi connectivity index (χ4n) is 1.46. The van der Waals surface area contributed by atoms with E-state index in [1.54, 1.807) is 0 Å². The van der Waals surface area contributed by atoms with Gasteiger partial charge >= 0.3 is 0 Å². The van der Waals surface area contributed by atoms with Crippen LogP contribution in [0.1, 0.15) is 18.1 Å². The second kappa shape index (κ2) is 5.32. The Bertz CT molecular complexity index is 326. The predicted octanol–water partition coefficient (Wildman–Crippen LogP) is 1.65. The Balaban J connectivity index is 2.75. The van der Waals surface area contributed by atoms with Crippen LogP contribution in [0.2, 0.25) is 0 Å². The molecule has 0 radical (unpaired) electrons. The zero-order valence-corrected chi connectivity index (χ0v) is 10.5. The molecule has 0 heterocycles. The van der Waals surface area contributed by atoms with Crippen molar-refractivity contribution < 1.29 is 9.84 Å². The molecule has 0 aliphatic heterocycles. The third-order valence-electron chi connectivity index (χ3n) is 2.90. The average Bonchev–Trinajstić information content (AvgIpc) is 2.28. The number of rotatable bonds is 5. The lowest BCUT2D eigenvalue weighted by atomic mass is 10.1. The van der Waals surface area contributed by atoms with Gasteiger partial charge in [0.05, 0.1) is 12.1 Å². The molecule has 1 unspecified atom stereocenters. The number of hydrogen-bond donors (Lipinski definition) is 2. The number of benzene rings is 1. The van der Waals surface area contributed by atoms with Crippen molar-refractivity contribution in [1.82, 2.24) is 5.32 Å². The highest BCUT2D eigenvalue weighted by atomic mass is 16.5. The van der Waals surface area contributed by atoms with Crippen LogP contribution < -0.4 is 10.1 Å². The number of ether oxygens (including phenoxy) is 1. The Kier molecular flexibility index (Phi) is 4.33. The van der Waals surface area contributed by atoms with Gasteiger partial charge in [0.1, 0.15) is 12.4 Å². The molecule has 1 rings (SSSR count). The van der Waals surface area contributed by atoms with Crippen molar-refractivity contribution in [3.05, 3.63) is 29.3 Å². The van der Waals surface area contributed by atoms with Crippen LogP contribution in [0.25, 0.3) is 0 Å². The summed E-state index contributed by atoms with van der Waals surface area (Å²) in [4.78, 5) is 0. The molecule has 0 aliphatic carbocycles. The summed E-state index contributed by atoms with van der Waals surface area (Å²) in [5.74, 6) is 0.914. The normalized spacial score (nSPS) is 14.6. The first-order chi connectivity index (χ1) is 7.52. The summed E-state index contributed by atoms with van der Waals surface area (Å²) in [5.41, 5.74) is 1.85. The van der Waals surface area contributed by atoms with Crippen LogP contribution in [0.15, 0.2) is 18.2 Å². The highest BCUT2D eigenvalue weighted by Crippen LogP contribution is 2.23. The van der Waals surface area contributed by atoms with E-state index in [2.05, 4.69) is 5.32 Å². The maximum absolute atomic E-state index is 9.26. The van der Waals surface area contributed by atoms with Crippen LogP contribution in [-0.4, -0.2) is 30.9 Å². The number of aliphatic hydroxyl groups is 1. The quantitative estimate of drug-likeness (QED) is 0.797. The van der Waals surface area contributed by atoms with Crippen molar-refractivity contribution in [1.29, 1.82) is 0 Å². The molecule has 1 aromatic carbocycles. The molecular formula is C13H21NO2. The molecular weight excluding hydrogens is 202 g/mol. The number of nitrogens with one attached hydrogen (secondary N) is 1. The minimum absolute atomic E-state index is 0.0500. The van der Waals surface area contributed by atoms with Crippen LogP contribution >= 0.6 is 0 Å². The van der Waals surface area contributed by atoms with Crippen molar-refractivity contribution in [3.8, 4) is 5.75 Å². The lowest BCUT2D eigenvalue weighted by Gasteiger charge is -2.27. The van der Waals surface area contributed by atoms with Crippen LogP contribution in [0, 0.1) is 13.8 Å². The molecule has 90 valence electrons. The third-order valence-corrected chi connectivity index (χ3v) is 2.90. The molecule has 3 heteroatoms. The average molecular weight is 223 g/mol. The third kappa shape index (κ3) is 2.97. The summed E-state index contributed by atoms with van der Waals surface area (Å²) in [6.07, 6.45) is 0. The van der Waals surface area contributed by atoms with Crippen molar-refractivity contribution in [2.45, 2.75) is 26.3 Å². The summed E-state index contributed by atoms with van der Waals surface area (Å²) in [6, 6.07) is 6.07. The van der Waals surface area contributed by atoms with E-state index in [4.69, 9.17) is 4.74 Å². The molecule has 0 aromatic heterocycles. The molecule has 3 nitrogen and oxygen atoms in total. The minimum atomic E-state index is -0.394. The highest BCUT2D eigenvalue weighted by molar-refractivity contribution is 5.39. The Morgan fingerprint density at radius 3 is 2.31 bits per heavy atom. The predicted molar refractivity (Wildman–Crippen MR) is 66.0 cm³/mol. The van der Waals surface area contributed by atoms with Gasteiger partial charge in [-0.1, -0.05) is 18.2 Å². The van der Waals surface area contributed by atoms with Crippen molar-refractivity contribution >= 4 is 0 Å². The van der Waals surface area contributed by atoms with Gasteiger partial charge in [-0.3, -0.25) is 0 Å². The van der Waals surface area contributed by atoms with Crippen LogP contribution in [-0.2, 0) is 0 Å². The summed E-state index contributed by atoms with van der Waals surface area (Å²) in [6.45, 7) is 6.48. The summed E-state index contributed by atoms with van der Waals surface area (Å²) in [7, 11) is 1.82. The van der Waals surface area contributed by atoms with Gasteiger partial charge in [-0.15, -0.1) is 0 Å². The van der Waals surface area contributed by atoms with Gasteiger partial charge in [0, 0.05) is 0 Å². The van der Waals surface area contributed by atoms with Gasteiger partial charge in [-0.25, -0.2) is 0 Å². The largest absolute Gasteiger partial charge is 0.491 e. The Morgan fingerprint density at radius 1 is 1.31 bits per heavy atom. The van der Waals surface area contributed by atoms with Gasteiger partial charge in [-0.05, 0) is 38.9 Å². The second-order valence-electron chi connectivity index (χ2n) is 4.48. The summed E-state index contributed by atoms with van der Waals surface area (Å²) >= 11 is 0. The first kappa shape index (κ1) is 13.0. The van der Waals surface area contributed by atoms with Crippen LogP contribution in [0.4, 0.5) is 0 Å². The Labute approximate surface area is 97.4 Å². The van der Waals surface area contributed by atoms with E-state index in [0.29, 0.717) is 6.61 Å². The minimum Gasteiger partial charge on any atom is -0.491 e. The van der Waals surface area contributed by atoms with E-state index in [9.17, 15) is 5.11 Å². The molecule has 0 saturated carbocycles. The smallest absolute Gasteiger partial charge is 0.125 e. The van der Waals surface area contributed by atoms with Crippen molar-refractivity contribution in [3.63, 3.8) is 0 Å². The molecule has 0 aliphatic rings. The Morgan fingerprint density at radius 2 is 1.88 bits per heavy atom. The maximum atomic E-state index is 9.26. The van der Waals surface area contributed by atoms with Crippen LogP contribution in [0.3, 0.4) is 0 Å². The fraction of sp³-hybridized carbons (Fsp3) is 0.538. The molecule has 2 N–H and O–H groups in total. The lowest BCUT2D eigenvalue weighted by molar-refractivity contribution is 0.121. The first-order valence-corrected chi connectivity index (χ1v) is 5.51. The molecule has 16 heavy (non-hydrogen) atoms. The standard InChI is InChI=1S/C13H21NO2/c1-10-6-5-7-11(2)12(10)16-9-13(3,8-15)14-4/h5-7,14-15H,8-9H2,1-4H3. The molecule has 0 amide bonds. The molecule has 0 spiro atoms. The molecule has 1 aromatic rings. The zero-order chi connectivity index (χ0) is 12.2. The summed E-state index contributed by atoms with van der Waals surface area (Å²) < 4.78 is 5.79. The van der Waals surface area contributed by atoms with Crippen LogP contribution in [0.5, 0.6) is 5.75 Å². The lowest BCUT2D eigenvalue weighted by Crippen LogP contribution is -2.48. The van der Waals surface area contributed by atoms with E-state index in [-0.39, 0.29) is 6.61 Å². The summed E-state index contributed by atoms with van der Waals surface area (Å²) in [5, 5.41) is 12.3. The van der Waals surface area contributed by atoms with Gasteiger partial charge in [-0.2, -0.15) is 0 Å². The van der Waals surface area contributed by atoms with E-state index >= 15 is 0 Å². The van der Waals surface area contributed by atoms with E-state index in [1.165, 1.54) is 0 Å². The van der Waals surface area contributed by atoms with Gasteiger partial charge in [0.2, 0.25) is 0 Å². The van der Waals surface area contributed by atoms with E-state index in [0.717, 1.165) is 16.9 Å². The van der Waals surface area contributed by atoms with Gasteiger partial charge in [0.15, 0.2) is 0 Å². The number of likely N-dealkylation sites (N-methyl/N-ethyl adjacent to an activating group) is 1. The molecule has 0 saturated heterocycles. The second-order valence-corrected chi connectivity index (χ2v) is 4.48.